The average molecular weight is 362 g/mol. The van der Waals surface area contributed by atoms with E-state index in [2.05, 4.69) is 60.2 Å². The Balaban J connectivity index is 0.00000242. The predicted octanol–water partition coefficient (Wildman–Crippen LogP) is 4.12. The fourth-order valence-corrected chi connectivity index (χ4v) is 3.32. The highest BCUT2D eigenvalue weighted by atomic mass is 35.5. The first-order valence-electron chi connectivity index (χ1n) is 8.59. The van der Waals surface area contributed by atoms with E-state index in [-0.39, 0.29) is 24.8 Å². The maximum absolute atomic E-state index is 3.45. The number of hydrogen-bond acceptors (Lipinski definition) is 3. The number of nitrogens with one attached hydrogen (secondary N) is 1. The SMILES string of the molecule is CCC[C@H](c1ccc(N(CC)CC)cc1)N1CCNCC1.Cl.Cl. The Kier molecular flexibility index (Phi) is 11.7. The molecule has 5 heteroatoms. The molecule has 2 rings (SSSR count). The van der Waals surface area contributed by atoms with Crippen molar-refractivity contribution in [1.29, 1.82) is 0 Å². The number of hydrogen-bond donors (Lipinski definition) is 1. The summed E-state index contributed by atoms with van der Waals surface area (Å²) >= 11 is 0. The van der Waals surface area contributed by atoms with Gasteiger partial charge in [0, 0.05) is 51.0 Å². The number of halogens is 2. The molecule has 1 saturated heterocycles. The smallest absolute Gasteiger partial charge is 0.0366 e. The molecule has 0 amide bonds. The molecular formula is C18H33Cl2N3. The third-order valence-electron chi connectivity index (χ3n) is 4.56. The van der Waals surface area contributed by atoms with Crippen LogP contribution in [0.3, 0.4) is 0 Å². The van der Waals surface area contributed by atoms with Gasteiger partial charge in [0.1, 0.15) is 0 Å². The third kappa shape index (κ3) is 6.15. The summed E-state index contributed by atoms with van der Waals surface area (Å²) in [4.78, 5) is 5.05. The quantitative estimate of drug-likeness (QED) is 0.787. The summed E-state index contributed by atoms with van der Waals surface area (Å²) in [6, 6.07) is 9.87. The van der Waals surface area contributed by atoms with E-state index in [4.69, 9.17) is 0 Å². The zero-order chi connectivity index (χ0) is 15.1. The fourth-order valence-electron chi connectivity index (χ4n) is 3.32. The van der Waals surface area contributed by atoms with E-state index in [0.29, 0.717) is 6.04 Å². The lowest BCUT2D eigenvalue weighted by Crippen LogP contribution is -2.45. The lowest BCUT2D eigenvalue weighted by atomic mass is 9.99. The van der Waals surface area contributed by atoms with Crippen LogP contribution in [0.5, 0.6) is 0 Å². The van der Waals surface area contributed by atoms with Gasteiger partial charge in [-0.15, -0.1) is 24.8 Å². The second kappa shape index (κ2) is 12.0. The Bertz CT molecular complexity index is 401. The summed E-state index contributed by atoms with van der Waals surface area (Å²) in [5, 5.41) is 3.45. The molecule has 0 radical (unpaired) electrons. The zero-order valence-electron chi connectivity index (χ0n) is 14.8. The molecule has 1 fully saturated rings. The van der Waals surface area contributed by atoms with Crippen LogP contribution in [0.25, 0.3) is 0 Å². The molecule has 0 aromatic heterocycles. The molecule has 1 atom stereocenters. The van der Waals surface area contributed by atoms with Crippen LogP contribution in [0.15, 0.2) is 24.3 Å². The van der Waals surface area contributed by atoms with E-state index in [9.17, 15) is 0 Å². The summed E-state index contributed by atoms with van der Waals surface area (Å²) in [7, 11) is 0. The topological polar surface area (TPSA) is 18.5 Å². The van der Waals surface area contributed by atoms with Crippen molar-refractivity contribution < 1.29 is 0 Å². The maximum atomic E-state index is 3.45. The molecule has 0 unspecified atom stereocenters. The Morgan fingerprint density at radius 1 is 1.00 bits per heavy atom. The molecule has 1 aliphatic rings. The van der Waals surface area contributed by atoms with Gasteiger partial charge in [-0.3, -0.25) is 4.90 Å². The van der Waals surface area contributed by atoms with Gasteiger partial charge in [0.15, 0.2) is 0 Å². The molecule has 1 heterocycles. The maximum Gasteiger partial charge on any atom is 0.0366 e. The molecule has 23 heavy (non-hydrogen) atoms. The summed E-state index contributed by atoms with van der Waals surface area (Å²) in [6.45, 7) is 13.5. The van der Waals surface area contributed by atoms with Crippen molar-refractivity contribution in [3.8, 4) is 0 Å². The Hall–Kier alpha value is -0.480. The lowest BCUT2D eigenvalue weighted by Gasteiger charge is -2.35. The van der Waals surface area contributed by atoms with Gasteiger partial charge in [-0.05, 0) is 38.0 Å². The van der Waals surface area contributed by atoms with E-state index < -0.39 is 0 Å². The van der Waals surface area contributed by atoms with E-state index in [1.54, 1.807) is 0 Å². The van der Waals surface area contributed by atoms with Crippen LogP contribution in [0.2, 0.25) is 0 Å². The number of rotatable bonds is 7. The lowest BCUT2D eigenvalue weighted by molar-refractivity contribution is 0.164. The third-order valence-corrected chi connectivity index (χ3v) is 4.56. The summed E-state index contributed by atoms with van der Waals surface area (Å²) in [5.41, 5.74) is 2.83. The second-order valence-electron chi connectivity index (χ2n) is 5.85. The van der Waals surface area contributed by atoms with Gasteiger partial charge in [0.2, 0.25) is 0 Å². The van der Waals surface area contributed by atoms with Crippen LogP contribution in [0, 0.1) is 0 Å². The van der Waals surface area contributed by atoms with Gasteiger partial charge in [-0.1, -0.05) is 25.5 Å². The van der Waals surface area contributed by atoms with Crippen molar-refractivity contribution in [2.75, 3.05) is 44.2 Å². The first-order chi connectivity index (χ1) is 10.3. The Morgan fingerprint density at radius 2 is 1.57 bits per heavy atom. The molecule has 3 nitrogen and oxygen atoms in total. The number of anilines is 1. The van der Waals surface area contributed by atoms with Crippen LogP contribution in [-0.4, -0.2) is 44.2 Å². The summed E-state index contributed by atoms with van der Waals surface area (Å²) in [6.07, 6.45) is 2.50. The Morgan fingerprint density at radius 3 is 2.04 bits per heavy atom. The summed E-state index contributed by atoms with van der Waals surface area (Å²) in [5.74, 6) is 0. The van der Waals surface area contributed by atoms with E-state index in [1.807, 2.05) is 0 Å². The minimum atomic E-state index is 0. The highest BCUT2D eigenvalue weighted by Crippen LogP contribution is 2.27. The normalized spacial score (nSPS) is 16.1. The van der Waals surface area contributed by atoms with Gasteiger partial charge in [0.25, 0.3) is 0 Å². The second-order valence-corrected chi connectivity index (χ2v) is 5.85. The first kappa shape index (κ1) is 22.5. The number of piperazine rings is 1. The van der Waals surface area contributed by atoms with Crippen LogP contribution in [0.4, 0.5) is 5.69 Å². The molecule has 134 valence electrons. The van der Waals surface area contributed by atoms with Crippen molar-refractivity contribution in [2.24, 2.45) is 0 Å². The van der Waals surface area contributed by atoms with Crippen LogP contribution < -0.4 is 10.2 Å². The number of benzene rings is 1. The predicted molar refractivity (Wildman–Crippen MR) is 107 cm³/mol. The molecular weight excluding hydrogens is 329 g/mol. The molecule has 0 bridgehead atoms. The van der Waals surface area contributed by atoms with Crippen LogP contribution in [0.1, 0.15) is 45.2 Å². The van der Waals surface area contributed by atoms with Gasteiger partial charge in [-0.2, -0.15) is 0 Å². The minimum absolute atomic E-state index is 0. The van der Waals surface area contributed by atoms with E-state index >= 15 is 0 Å². The molecule has 0 saturated carbocycles. The highest BCUT2D eigenvalue weighted by Gasteiger charge is 2.21. The van der Waals surface area contributed by atoms with Gasteiger partial charge in [0.05, 0.1) is 0 Å². The van der Waals surface area contributed by atoms with Crippen LogP contribution >= 0.6 is 24.8 Å². The molecule has 1 aromatic rings. The average Bonchev–Trinajstić information content (AvgIpc) is 2.55. The standard InChI is InChI=1S/C18H31N3.2ClH/c1-4-7-18(21-14-12-19-13-15-21)16-8-10-17(11-9-16)20(5-2)6-3;;/h8-11,18-19H,4-7,12-15H2,1-3H3;2*1H/t18-;;/m1../s1. The minimum Gasteiger partial charge on any atom is -0.372 e. The highest BCUT2D eigenvalue weighted by molar-refractivity contribution is 5.85. The Labute approximate surface area is 154 Å². The van der Waals surface area contributed by atoms with Crippen molar-refractivity contribution in [1.82, 2.24) is 10.2 Å². The zero-order valence-corrected chi connectivity index (χ0v) is 16.4. The van der Waals surface area contributed by atoms with Gasteiger partial charge < -0.3 is 10.2 Å². The molecule has 0 spiro atoms. The molecule has 1 aliphatic heterocycles. The molecule has 1 N–H and O–H groups in total. The van der Waals surface area contributed by atoms with E-state index in [1.165, 1.54) is 37.2 Å². The van der Waals surface area contributed by atoms with Crippen molar-refractivity contribution in [2.45, 2.75) is 39.7 Å². The fraction of sp³-hybridized carbons (Fsp3) is 0.667. The molecule has 0 aliphatic carbocycles. The van der Waals surface area contributed by atoms with Crippen LogP contribution in [-0.2, 0) is 0 Å². The van der Waals surface area contributed by atoms with Crippen molar-refractivity contribution >= 4 is 30.5 Å². The van der Waals surface area contributed by atoms with Gasteiger partial charge >= 0.3 is 0 Å². The largest absolute Gasteiger partial charge is 0.372 e. The molecule has 1 aromatic carbocycles. The summed E-state index contributed by atoms with van der Waals surface area (Å²) < 4.78 is 0. The van der Waals surface area contributed by atoms with Gasteiger partial charge in [-0.25, -0.2) is 0 Å². The number of nitrogens with zero attached hydrogens (tertiary/aromatic N) is 2. The van der Waals surface area contributed by atoms with E-state index in [0.717, 1.165) is 26.2 Å². The first-order valence-corrected chi connectivity index (χ1v) is 8.59. The monoisotopic (exact) mass is 361 g/mol. The van der Waals surface area contributed by atoms with Crippen molar-refractivity contribution in [3.05, 3.63) is 29.8 Å². The van der Waals surface area contributed by atoms with Crippen molar-refractivity contribution in [3.63, 3.8) is 0 Å².